The number of carbonyl (C=O) groups excluding carboxylic acids is 1. The van der Waals surface area contributed by atoms with Crippen molar-refractivity contribution in [2.75, 3.05) is 6.54 Å². The zero-order chi connectivity index (χ0) is 14.7. The van der Waals surface area contributed by atoms with Crippen LogP contribution >= 0.6 is 0 Å². The van der Waals surface area contributed by atoms with Crippen LogP contribution in [0.2, 0.25) is 0 Å². The Bertz CT molecular complexity index is 707. The molecule has 1 aromatic heterocycles. The van der Waals surface area contributed by atoms with E-state index in [1.165, 1.54) is 0 Å². The maximum absolute atomic E-state index is 11.8. The van der Waals surface area contributed by atoms with Crippen LogP contribution in [0.5, 0.6) is 11.6 Å². The number of carbonyl (C=O) groups is 1. The van der Waals surface area contributed by atoms with Crippen LogP contribution in [0.15, 0.2) is 42.5 Å². The lowest BCUT2D eigenvalue weighted by Crippen LogP contribution is -2.18. The van der Waals surface area contributed by atoms with Gasteiger partial charge in [-0.25, -0.2) is 4.98 Å². The van der Waals surface area contributed by atoms with Crippen molar-refractivity contribution < 1.29 is 9.53 Å². The van der Waals surface area contributed by atoms with E-state index < -0.39 is 0 Å². The fourth-order valence-corrected chi connectivity index (χ4v) is 2.36. The number of hydrogen-bond acceptors (Lipinski definition) is 4. The van der Waals surface area contributed by atoms with Gasteiger partial charge in [-0.15, -0.1) is 0 Å². The first-order chi connectivity index (χ1) is 10.3. The predicted octanol–water partition coefficient (Wildman–Crippen LogP) is 2.35. The number of hydrogen-bond donors (Lipinski definition) is 1. The fraction of sp³-hybridized carbons (Fsp3) is 0.188. The quantitative estimate of drug-likeness (QED) is 0.935. The summed E-state index contributed by atoms with van der Waals surface area (Å²) in [6, 6.07) is 14.6. The molecule has 5 nitrogen and oxygen atoms in total. The molecule has 0 aliphatic carbocycles. The number of rotatable bonds is 3. The summed E-state index contributed by atoms with van der Waals surface area (Å²) in [6.45, 7) is 0.655. The number of para-hydroxylation sites is 1. The normalized spacial score (nSPS) is 17.1. The molecular weight excluding hydrogens is 266 g/mol. The Morgan fingerprint density at radius 2 is 2.10 bits per heavy atom. The maximum atomic E-state index is 11.8. The SMILES string of the molecule is N#Cc1cc([C@@H]2CCNC2=O)cc(Oc2ccccc2)n1. The minimum Gasteiger partial charge on any atom is -0.439 e. The molecule has 21 heavy (non-hydrogen) atoms. The number of nitriles is 1. The van der Waals surface area contributed by atoms with Gasteiger partial charge in [0.05, 0.1) is 5.92 Å². The number of benzene rings is 1. The fourth-order valence-electron chi connectivity index (χ4n) is 2.36. The summed E-state index contributed by atoms with van der Waals surface area (Å²) in [7, 11) is 0. The van der Waals surface area contributed by atoms with E-state index in [1.54, 1.807) is 12.1 Å². The molecule has 2 aromatic rings. The Morgan fingerprint density at radius 1 is 1.29 bits per heavy atom. The van der Waals surface area contributed by atoms with Crippen molar-refractivity contribution in [2.45, 2.75) is 12.3 Å². The molecule has 0 radical (unpaired) electrons. The number of ether oxygens (including phenoxy) is 1. The van der Waals surface area contributed by atoms with E-state index in [0.29, 0.717) is 18.2 Å². The standard InChI is InChI=1S/C16H13N3O2/c17-10-12-8-11(14-6-7-18-16(14)20)9-15(19-12)21-13-4-2-1-3-5-13/h1-5,8-9,14H,6-7H2,(H,18,20)/t14-/m0/s1. The molecule has 1 aliphatic heterocycles. The Morgan fingerprint density at radius 3 is 2.76 bits per heavy atom. The molecule has 1 aliphatic rings. The third kappa shape index (κ3) is 2.84. The van der Waals surface area contributed by atoms with Gasteiger partial charge in [-0.1, -0.05) is 18.2 Å². The average Bonchev–Trinajstić information content (AvgIpc) is 2.94. The number of nitrogens with zero attached hydrogens (tertiary/aromatic N) is 2. The van der Waals surface area contributed by atoms with Crippen molar-refractivity contribution in [3.05, 3.63) is 53.7 Å². The van der Waals surface area contributed by atoms with Crippen molar-refractivity contribution in [1.82, 2.24) is 10.3 Å². The smallest absolute Gasteiger partial charge is 0.227 e. The van der Waals surface area contributed by atoms with Gasteiger partial charge >= 0.3 is 0 Å². The Labute approximate surface area is 122 Å². The third-order valence-electron chi connectivity index (χ3n) is 3.36. The molecule has 5 heteroatoms. The third-order valence-corrected chi connectivity index (χ3v) is 3.36. The van der Waals surface area contributed by atoms with Crippen molar-refractivity contribution in [2.24, 2.45) is 0 Å². The Balaban J connectivity index is 1.94. The zero-order valence-electron chi connectivity index (χ0n) is 11.2. The Kier molecular flexibility index (Phi) is 3.52. The predicted molar refractivity (Wildman–Crippen MR) is 75.8 cm³/mol. The van der Waals surface area contributed by atoms with Gasteiger partial charge in [0.25, 0.3) is 0 Å². The molecule has 0 bridgehead atoms. The Hall–Kier alpha value is -2.87. The highest BCUT2D eigenvalue weighted by Crippen LogP contribution is 2.28. The molecule has 1 saturated heterocycles. The van der Waals surface area contributed by atoms with Crippen molar-refractivity contribution in [3.63, 3.8) is 0 Å². The molecule has 104 valence electrons. The summed E-state index contributed by atoms with van der Waals surface area (Å²) in [4.78, 5) is 15.9. The first-order valence-corrected chi connectivity index (χ1v) is 6.69. The molecule has 1 aromatic carbocycles. The van der Waals surface area contributed by atoms with E-state index in [2.05, 4.69) is 10.3 Å². The van der Waals surface area contributed by atoms with Crippen LogP contribution in [0.25, 0.3) is 0 Å². The molecule has 1 atom stereocenters. The van der Waals surface area contributed by atoms with E-state index in [9.17, 15) is 4.79 Å². The van der Waals surface area contributed by atoms with Gasteiger partial charge in [-0.05, 0) is 30.2 Å². The second-order valence-corrected chi connectivity index (χ2v) is 4.78. The van der Waals surface area contributed by atoms with Crippen LogP contribution in [0, 0.1) is 11.3 Å². The van der Waals surface area contributed by atoms with E-state index >= 15 is 0 Å². The molecular formula is C16H13N3O2. The first kappa shape index (κ1) is 13.1. The lowest BCUT2D eigenvalue weighted by atomic mass is 9.98. The van der Waals surface area contributed by atoms with Gasteiger partial charge in [-0.3, -0.25) is 4.79 Å². The van der Waals surface area contributed by atoms with Crippen LogP contribution < -0.4 is 10.1 Å². The summed E-state index contributed by atoms with van der Waals surface area (Å²) in [6.07, 6.45) is 0.721. The molecule has 0 unspecified atom stereocenters. The second-order valence-electron chi connectivity index (χ2n) is 4.78. The molecule has 2 heterocycles. The van der Waals surface area contributed by atoms with Gasteiger partial charge in [0.15, 0.2) is 0 Å². The van der Waals surface area contributed by atoms with Gasteiger partial charge in [0, 0.05) is 12.6 Å². The summed E-state index contributed by atoms with van der Waals surface area (Å²) in [5, 5.41) is 11.9. The van der Waals surface area contributed by atoms with E-state index in [4.69, 9.17) is 10.00 Å². The van der Waals surface area contributed by atoms with E-state index in [-0.39, 0.29) is 17.5 Å². The summed E-state index contributed by atoms with van der Waals surface area (Å²) in [5.41, 5.74) is 1.01. The zero-order valence-corrected chi connectivity index (χ0v) is 11.2. The lowest BCUT2D eigenvalue weighted by Gasteiger charge is -2.10. The number of nitrogens with one attached hydrogen (secondary N) is 1. The average molecular weight is 279 g/mol. The van der Waals surface area contributed by atoms with Gasteiger partial charge in [0.2, 0.25) is 11.8 Å². The number of aromatic nitrogens is 1. The highest BCUT2D eigenvalue weighted by Gasteiger charge is 2.26. The van der Waals surface area contributed by atoms with E-state index in [0.717, 1.165) is 12.0 Å². The van der Waals surface area contributed by atoms with Gasteiger partial charge in [-0.2, -0.15) is 5.26 Å². The van der Waals surface area contributed by atoms with Crippen LogP contribution in [-0.4, -0.2) is 17.4 Å². The monoisotopic (exact) mass is 279 g/mol. The molecule has 0 spiro atoms. The van der Waals surface area contributed by atoms with Crippen LogP contribution in [0.3, 0.4) is 0 Å². The second kappa shape index (κ2) is 5.63. The van der Waals surface area contributed by atoms with Gasteiger partial charge in [0.1, 0.15) is 17.5 Å². The van der Waals surface area contributed by atoms with Crippen LogP contribution in [0.4, 0.5) is 0 Å². The van der Waals surface area contributed by atoms with Gasteiger partial charge < -0.3 is 10.1 Å². The van der Waals surface area contributed by atoms with E-state index in [1.807, 2.05) is 36.4 Å². The molecule has 1 amide bonds. The van der Waals surface area contributed by atoms with Crippen molar-refractivity contribution in [1.29, 1.82) is 5.26 Å². The summed E-state index contributed by atoms with van der Waals surface area (Å²) < 4.78 is 5.66. The number of amides is 1. The minimum absolute atomic E-state index is 0.0178. The van der Waals surface area contributed by atoms with Crippen molar-refractivity contribution in [3.8, 4) is 17.7 Å². The first-order valence-electron chi connectivity index (χ1n) is 6.69. The van der Waals surface area contributed by atoms with Crippen LogP contribution in [-0.2, 0) is 4.79 Å². The highest BCUT2D eigenvalue weighted by molar-refractivity contribution is 5.85. The van der Waals surface area contributed by atoms with Crippen molar-refractivity contribution >= 4 is 5.91 Å². The summed E-state index contributed by atoms with van der Waals surface area (Å²) in [5.74, 6) is 0.714. The lowest BCUT2D eigenvalue weighted by molar-refractivity contribution is -0.120. The topological polar surface area (TPSA) is 75.0 Å². The number of pyridine rings is 1. The maximum Gasteiger partial charge on any atom is 0.227 e. The molecule has 0 saturated carbocycles. The minimum atomic E-state index is -0.238. The molecule has 1 fully saturated rings. The largest absolute Gasteiger partial charge is 0.439 e. The summed E-state index contributed by atoms with van der Waals surface area (Å²) >= 11 is 0. The highest BCUT2D eigenvalue weighted by atomic mass is 16.5. The molecule has 3 rings (SSSR count). The molecule has 1 N–H and O–H groups in total. The van der Waals surface area contributed by atoms with Crippen LogP contribution in [0.1, 0.15) is 23.6 Å².